The van der Waals surface area contributed by atoms with Gasteiger partial charge in [0.05, 0.1) is 36.1 Å². The summed E-state index contributed by atoms with van der Waals surface area (Å²) in [5, 5.41) is 16.2. The highest BCUT2D eigenvalue weighted by Gasteiger charge is 2.26. The molecule has 4 aromatic heterocycles. The third-order valence-corrected chi connectivity index (χ3v) is 7.22. The molecule has 0 aliphatic carbocycles. The number of nitrogens with one attached hydrogen (secondary N) is 1. The molecule has 5 aromatic rings. The molecule has 9 heteroatoms. The van der Waals surface area contributed by atoms with E-state index in [-0.39, 0.29) is 0 Å². The Kier molecular flexibility index (Phi) is 7.74. The van der Waals surface area contributed by atoms with Crippen molar-refractivity contribution in [3.8, 4) is 11.1 Å². The van der Waals surface area contributed by atoms with Gasteiger partial charge in [-0.25, -0.2) is 4.98 Å². The Labute approximate surface area is 234 Å². The molecule has 1 saturated heterocycles. The molecule has 1 aliphatic heterocycles. The smallest absolute Gasteiger partial charge is 0.154 e. The van der Waals surface area contributed by atoms with Crippen molar-refractivity contribution in [2.75, 3.05) is 25.0 Å². The third-order valence-electron chi connectivity index (χ3n) is 7.22. The summed E-state index contributed by atoms with van der Waals surface area (Å²) in [7, 11) is 0. The second kappa shape index (κ2) is 11.9. The Morgan fingerprint density at radius 2 is 1.80 bits per heavy atom. The summed E-state index contributed by atoms with van der Waals surface area (Å²) in [5.74, 6) is 1.76. The van der Waals surface area contributed by atoms with Crippen LogP contribution in [0.2, 0.25) is 0 Å². The fraction of sp³-hybridized carbons (Fsp3) is 0.323. The van der Waals surface area contributed by atoms with Crippen molar-refractivity contribution in [1.82, 2.24) is 34.8 Å². The summed E-state index contributed by atoms with van der Waals surface area (Å²) in [6.07, 6.45) is 9.03. The summed E-state index contributed by atoms with van der Waals surface area (Å²) in [4.78, 5) is 11.8. The highest BCUT2D eigenvalue weighted by atomic mass is 16.5. The number of aromatic nitrogens is 6. The zero-order valence-corrected chi connectivity index (χ0v) is 22.9. The van der Waals surface area contributed by atoms with Gasteiger partial charge in [0, 0.05) is 49.7 Å². The summed E-state index contributed by atoms with van der Waals surface area (Å²) >= 11 is 0. The molecule has 1 aromatic carbocycles. The fourth-order valence-corrected chi connectivity index (χ4v) is 4.81. The lowest BCUT2D eigenvalue weighted by Crippen LogP contribution is -2.52. The molecule has 0 atom stereocenters. The van der Waals surface area contributed by atoms with Crippen molar-refractivity contribution in [1.29, 1.82) is 0 Å². The van der Waals surface area contributed by atoms with Crippen LogP contribution in [-0.2, 0) is 17.9 Å². The van der Waals surface area contributed by atoms with Crippen LogP contribution in [0, 0.1) is 0 Å². The van der Waals surface area contributed by atoms with Crippen molar-refractivity contribution < 1.29 is 4.74 Å². The largest absolute Gasteiger partial charge is 0.371 e. The maximum absolute atomic E-state index is 6.01. The first-order valence-corrected chi connectivity index (χ1v) is 13.9. The number of nitrogens with zero attached hydrogens (tertiary/aromatic N) is 7. The topological polar surface area (TPSA) is 93.9 Å². The Balaban J connectivity index is 1.01. The number of anilines is 2. The van der Waals surface area contributed by atoms with Crippen LogP contribution in [0.1, 0.15) is 37.3 Å². The van der Waals surface area contributed by atoms with Gasteiger partial charge in [0.2, 0.25) is 0 Å². The van der Waals surface area contributed by atoms with E-state index in [1.807, 2.05) is 41.3 Å². The summed E-state index contributed by atoms with van der Waals surface area (Å²) in [6.45, 7) is 8.87. The first-order chi connectivity index (χ1) is 19.6. The van der Waals surface area contributed by atoms with Gasteiger partial charge in [0.25, 0.3) is 0 Å². The molecule has 40 heavy (non-hydrogen) atoms. The normalized spacial score (nSPS) is 14.1. The second-order valence-corrected chi connectivity index (χ2v) is 10.6. The van der Waals surface area contributed by atoms with Crippen LogP contribution in [0.5, 0.6) is 0 Å². The zero-order chi connectivity index (χ0) is 27.3. The molecule has 1 fully saturated rings. The quantitative estimate of drug-likeness (QED) is 0.239. The summed E-state index contributed by atoms with van der Waals surface area (Å²) in [5.41, 5.74) is 6.03. The molecule has 0 bridgehead atoms. The van der Waals surface area contributed by atoms with Crippen LogP contribution in [0.25, 0.3) is 22.2 Å². The zero-order valence-electron chi connectivity index (χ0n) is 22.9. The van der Waals surface area contributed by atoms with Crippen LogP contribution in [0.4, 0.5) is 11.6 Å². The number of fused-ring (bicyclic) bond motifs is 1. The Morgan fingerprint density at radius 3 is 2.65 bits per heavy atom. The Hall–Kier alpha value is -4.21. The number of benzene rings is 1. The van der Waals surface area contributed by atoms with Gasteiger partial charge in [0.1, 0.15) is 5.82 Å². The minimum Gasteiger partial charge on any atom is -0.371 e. The maximum Gasteiger partial charge on any atom is 0.154 e. The van der Waals surface area contributed by atoms with E-state index in [1.54, 1.807) is 6.20 Å². The van der Waals surface area contributed by atoms with Crippen molar-refractivity contribution in [2.24, 2.45) is 0 Å². The summed E-state index contributed by atoms with van der Waals surface area (Å²) < 4.78 is 8.02. The van der Waals surface area contributed by atoms with E-state index in [1.165, 1.54) is 5.56 Å². The molecular formula is C31H34N8O. The van der Waals surface area contributed by atoms with E-state index >= 15 is 0 Å². The number of ether oxygens (including phenoxy) is 1. The highest BCUT2D eigenvalue weighted by molar-refractivity contribution is 5.81. The minimum atomic E-state index is 0.333. The first kappa shape index (κ1) is 26.0. The molecule has 9 nitrogen and oxygen atoms in total. The molecule has 1 aliphatic rings. The van der Waals surface area contributed by atoms with Gasteiger partial charge < -0.3 is 10.1 Å². The van der Waals surface area contributed by atoms with E-state index in [2.05, 4.69) is 80.9 Å². The second-order valence-electron chi connectivity index (χ2n) is 10.6. The monoisotopic (exact) mass is 534 g/mol. The average Bonchev–Trinajstić information content (AvgIpc) is 3.43. The fourth-order valence-electron chi connectivity index (χ4n) is 4.81. The van der Waals surface area contributed by atoms with E-state index in [0.29, 0.717) is 30.3 Å². The highest BCUT2D eigenvalue weighted by Crippen LogP contribution is 2.24. The van der Waals surface area contributed by atoms with Gasteiger partial charge in [0.15, 0.2) is 5.82 Å². The lowest BCUT2D eigenvalue weighted by Gasteiger charge is -2.39. The number of hydrogen-bond acceptors (Lipinski definition) is 8. The van der Waals surface area contributed by atoms with Crippen molar-refractivity contribution in [3.05, 3.63) is 90.5 Å². The van der Waals surface area contributed by atoms with Crippen molar-refractivity contribution in [3.63, 3.8) is 0 Å². The van der Waals surface area contributed by atoms with E-state index in [4.69, 9.17) is 9.72 Å². The first-order valence-electron chi connectivity index (χ1n) is 13.9. The molecule has 5 heterocycles. The van der Waals surface area contributed by atoms with Gasteiger partial charge in [-0.15, -0.1) is 5.10 Å². The van der Waals surface area contributed by atoms with Crippen molar-refractivity contribution in [2.45, 2.75) is 45.4 Å². The van der Waals surface area contributed by atoms with Crippen LogP contribution in [0.3, 0.4) is 0 Å². The third kappa shape index (κ3) is 6.32. The maximum atomic E-state index is 6.01. The van der Waals surface area contributed by atoms with E-state index in [0.717, 1.165) is 60.3 Å². The lowest BCUT2D eigenvalue weighted by molar-refractivity contribution is -0.0629. The molecule has 204 valence electrons. The van der Waals surface area contributed by atoms with Gasteiger partial charge in [-0.05, 0) is 47.7 Å². The lowest BCUT2D eigenvalue weighted by atomic mass is 10.1. The average molecular weight is 535 g/mol. The minimum absolute atomic E-state index is 0.333. The molecule has 1 N–H and O–H groups in total. The van der Waals surface area contributed by atoms with Gasteiger partial charge in [-0.3, -0.25) is 14.6 Å². The van der Waals surface area contributed by atoms with Crippen LogP contribution in [0.15, 0.2) is 79.4 Å². The molecule has 0 radical (unpaired) electrons. The number of hydrogen-bond donors (Lipinski definition) is 1. The Morgan fingerprint density at radius 1 is 0.925 bits per heavy atom. The van der Waals surface area contributed by atoms with E-state index in [9.17, 15) is 0 Å². The van der Waals surface area contributed by atoms with Gasteiger partial charge in [-0.2, -0.15) is 10.2 Å². The van der Waals surface area contributed by atoms with Crippen molar-refractivity contribution >= 4 is 22.7 Å². The number of aryl methyl sites for hydroxylation is 1. The van der Waals surface area contributed by atoms with E-state index < -0.39 is 0 Å². The van der Waals surface area contributed by atoms with Crippen LogP contribution >= 0.6 is 0 Å². The predicted molar refractivity (Wildman–Crippen MR) is 156 cm³/mol. The van der Waals surface area contributed by atoms with Crippen LogP contribution < -0.4 is 5.32 Å². The SMILES string of the molecule is CC(C)c1cnnc(Nc2ccc3ncc(-c4cnn(CCCN5CC(OCc6ccccc6)C5)c4)cc3n2)c1. The Bertz CT molecular complexity index is 1560. The molecule has 0 amide bonds. The van der Waals surface area contributed by atoms with Crippen LogP contribution in [-0.4, -0.2) is 60.6 Å². The molecule has 6 rings (SSSR count). The van der Waals surface area contributed by atoms with Gasteiger partial charge in [-0.1, -0.05) is 44.2 Å². The number of rotatable bonds is 11. The molecule has 0 saturated carbocycles. The number of likely N-dealkylation sites (tertiary alicyclic amines) is 1. The molecule has 0 spiro atoms. The summed E-state index contributed by atoms with van der Waals surface area (Å²) in [6, 6.07) is 18.3. The molecular weight excluding hydrogens is 500 g/mol. The standard InChI is InChI=1S/C31H34N8O/c1-22(2)24-14-31(37-33-16-24)36-30-10-9-28-29(35-30)13-25(15-32-28)26-17-34-39(18-26)12-6-11-38-19-27(20-38)40-21-23-7-4-3-5-8-23/h3-5,7-10,13-18,22,27H,6,11-12,19-21H2,1-2H3,(H,35,36,37). The predicted octanol–water partition coefficient (Wildman–Crippen LogP) is 5.44. The molecule has 0 unspecified atom stereocenters. The number of pyridine rings is 2. The van der Waals surface area contributed by atoms with Gasteiger partial charge >= 0.3 is 0 Å².